The molecule has 0 fully saturated rings. The average molecular weight is 532 g/mol. The molecule has 2 aromatic carbocycles. The lowest BCUT2D eigenvalue weighted by molar-refractivity contribution is -0.119. The number of phenols is 1. The lowest BCUT2D eigenvalue weighted by Crippen LogP contribution is -2.32. The first kappa shape index (κ1) is 23.2. The van der Waals surface area contributed by atoms with Crippen LogP contribution in [-0.2, 0) is 16.6 Å². The second-order valence-electron chi connectivity index (χ2n) is 8.94. The highest BCUT2D eigenvalue weighted by atomic mass is 35.5. The number of hydrogen-bond donors (Lipinski definition) is 3. The van der Waals surface area contributed by atoms with Gasteiger partial charge in [0.1, 0.15) is 28.5 Å². The van der Waals surface area contributed by atoms with Gasteiger partial charge in [0.25, 0.3) is 0 Å². The number of halogens is 2. The van der Waals surface area contributed by atoms with E-state index in [9.17, 15) is 9.90 Å². The van der Waals surface area contributed by atoms with Gasteiger partial charge in [0.2, 0.25) is 5.91 Å². The van der Waals surface area contributed by atoms with E-state index in [1.807, 2.05) is 34.9 Å². The number of imidazole rings is 1. The minimum Gasteiger partial charge on any atom is -0.506 e. The number of anilines is 2. The van der Waals surface area contributed by atoms with Crippen molar-refractivity contribution in [2.45, 2.75) is 18.8 Å². The van der Waals surface area contributed by atoms with Crippen molar-refractivity contribution in [1.29, 1.82) is 0 Å². The Bertz CT molecular complexity index is 1720. The number of aromatic nitrogens is 5. The van der Waals surface area contributed by atoms with Crippen molar-refractivity contribution >= 4 is 46.4 Å². The zero-order chi connectivity index (χ0) is 25.9. The van der Waals surface area contributed by atoms with Gasteiger partial charge in [-0.05, 0) is 42.3 Å². The molecule has 0 saturated heterocycles. The zero-order valence-electron chi connectivity index (χ0n) is 19.4. The van der Waals surface area contributed by atoms with E-state index in [0.717, 1.165) is 11.3 Å². The minimum atomic E-state index is -1.22. The Morgan fingerprint density at radius 3 is 2.65 bits per heavy atom. The van der Waals surface area contributed by atoms with Gasteiger partial charge in [0.15, 0.2) is 11.5 Å². The van der Waals surface area contributed by atoms with Crippen LogP contribution in [0.1, 0.15) is 29.3 Å². The molecular weight excluding hydrogens is 513 g/mol. The number of nitrogens with two attached hydrogens (primary N) is 1. The van der Waals surface area contributed by atoms with Crippen LogP contribution in [0.25, 0.3) is 17.2 Å². The van der Waals surface area contributed by atoms with Crippen molar-refractivity contribution < 1.29 is 9.90 Å². The average Bonchev–Trinajstić information content (AvgIpc) is 3.45. The van der Waals surface area contributed by atoms with E-state index in [0.29, 0.717) is 33.9 Å². The largest absolute Gasteiger partial charge is 0.506 e. The molecule has 1 atom stereocenters. The van der Waals surface area contributed by atoms with Crippen LogP contribution in [0, 0.1) is 0 Å². The first-order valence-electron chi connectivity index (χ1n) is 11.3. The fourth-order valence-corrected chi connectivity index (χ4v) is 4.88. The molecule has 1 amide bonds. The minimum absolute atomic E-state index is 0.127. The van der Waals surface area contributed by atoms with Crippen LogP contribution in [-0.4, -0.2) is 35.4 Å². The van der Waals surface area contributed by atoms with E-state index in [-0.39, 0.29) is 34.1 Å². The van der Waals surface area contributed by atoms with E-state index in [1.54, 1.807) is 25.4 Å². The maximum absolute atomic E-state index is 13.2. The lowest BCUT2D eigenvalue weighted by atomic mass is 9.77. The van der Waals surface area contributed by atoms with Gasteiger partial charge in [0, 0.05) is 30.0 Å². The molecule has 1 aliphatic heterocycles. The van der Waals surface area contributed by atoms with Crippen LogP contribution in [0.5, 0.6) is 5.75 Å². The van der Waals surface area contributed by atoms with Crippen LogP contribution in [0.15, 0.2) is 61.1 Å². The van der Waals surface area contributed by atoms with Gasteiger partial charge in [0.05, 0.1) is 16.3 Å². The number of nitrogen functional groups attached to an aromatic ring is 1. The van der Waals surface area contributed by atoms with Gasteiger partial charge < -0.3 is 20.6 Å². The molecule has 9 nitrogen and oxygen atoms in total. The van der Waals surface area contributed by atoms with Gasteiger partial charge in [-0.2, -0.15) is 0 Å². The summed E-state index contributed by atoms with van der Waals surface area (Å²) in [7, 11) is 0. The zero-order valence-corrected chi connectivity index (χ0v) is 20.9. The third-order valence-corrected chi connectivity index (χ3v) is 7.18. The Kier molecular flexibility index (Phi) is 5.29. The summed E-state index contributed by atoms with van der Waals surface area (Å²) < 4.78 is 1.85. The van der Waals surface area contributed by atoms with Crippen molar-refractivity contribution in [2.75, 3.05) is 11.1 Å². The summed E-state index contributed by atoms with van der Waals surface area (Å²) in [6, 6.07) is 12.2. The molecule has 3 aromatic heterocycles. The van der Waals surface area contributed by atoms with Gasteiger partial charge >= 0.3 is 0 Å². The van der Waals surface area contributed by atoms with Crippen molar-refractivity contribution in [1.82, 2.24) is 24.3 Å². The second kappa shape index (κ2) is 8.43. The number of benzene rings is 2. The van der Waals surface area contributed by atoms with Crippen LogP contribution in [0.3, 0.4) is 0 Å². The normalized spacial score (nSPS) is 16.7. The predicted octanol–water partition coefficient (Wildman–Crippen LogP) is 4.63. The number of carbonyl (C=O) groups is 1. The smallest absolute Gasteiger partial charge is 0.240 e. The quantitative estimate of drug-likeness (QED) is 0.308. The number of nitrogens with one attached hydrogen (secondary N) is 1. The highest BCUT2D eigenvalue weighted by Gasteiger charge is 2.47. The van der Waals surface area contributed by atoms with Crippen molar-refractivity contribution in [3.05, 3.63) is 93.5 Å². The highest BCUT2D eigenvalue weighted by molar-refractivity contribution is 6.32. The molecule has 5 aromatic rings. The van der Waals surface area contributed by atoms with Crippen LogP contribution >= 0.6 is 23.2 Å². The summed E-state index contributed by atoms with van der Waals surface area (Å²) in [4.78, 5) is 31.6. The number of carbonyl (C=O) groups excluding carboxylic acids is 1. The number of aromatic hydroxyl groups is 1. The number of hydrogen-bond acceptors (Lipinski definition) is 7. The number of fused-ring (bicyclic) bond motifs is 2. The first-order chi connectivity index (χ1) is 17.7. The van der Waals surface area contributed by atoms with Crippen molar-refractivity contribution in [3.63, 3.8) is 0 Å². The second-order valence-corrected chi connectivity index (χ2v) is 9.78. The van der Waals surface area contributed by atoms with E-state index in [4.69, 9.17) is 33.9 Å². The van der Waals surface area contributed by atoms with E-state index in [1.165, 1.54) is 12.1 Å². The molecule has 0 spiro atoms. The number of phenolic OH excluding ortho intramolecular Hbond substituents is 1. The van der Waals surface area contributed by atoms with Gasteiger partial charge in [-0.3, -0.25) is 4.79 Å². The Balaban J connectivity index is 1.45. The molecule has 0 bridgehead atoms. The molecule has 1 aliphatic rings. The molecule has 11 heteroatoms. The van der Waals surface area contributed by atoms with Crippen molar-refractivity contribution in [3.8, 4) is 17.3 Å². The monoisotopic (exact) mass is 531 g/mol. The summed E-state index contributed by atoms with van der Waals surface area (Å²) in [6.07, 6.45) is 5.79. The molecule has 0 saturated carbocycles. The van der Waals surface area contributed by atoms with Crippen LogP contribution < -0.4 is 11.1 Å². The Labute approximate surface area is 221 Å². The Morgan fingerprint density at radius 1 is 1.11 bits per heavy atom. The Hall–Kier alpha value is -4.21. The van der Waals surface area contributed by atoms with Gasteiger partial charge in [-0.1, -0.05) is 41.4 Å². The van der Waals surface area contributed by atoms with Crippen LogP contribution in [0.2, 0.25) is 10.0 Å². The number of rotatable bonds is 4. The Morgan fingerprint density at radius 2 is 1.89 bits per heavy atom. The molecular formula is C26H19Cl2N7O2. The summed E-state index contributed by atoms with van der Waals surface area (Å²) >= 11 is 12.0. The number of amides is 1. The summed E-state index contributed by atoms with van der Waals surface area (Å²) in [6.45, 7) is 1.70. The topological polar surface area (TPSA) is 131 Å². The molecule has 6 rings (SSSR count). The third kappa shape index (κ3) is 3.75. The van der Waals surface area contributed by atoms with Gasteiger partial charge in [-0.25, -0.2) is 19.9 Å². The SMILES string of the molecule is C[C@]1(c2ccc(Cl)c(O)c2)C(=O)Nc2nc(-c3cn4ccnc4c(Cc4ccc(Cl)cc4)n3)nc(N)c21. The number of nitrogens with zero attached hydrogens (tertiary/aromatic N) is 5. The summed E-state index contributed by atoms with van der Waals surface area (Å²) in [5.41, 5.74) is 9.05. The van der Waals surface area contributed by atoms with E-state index < -0.39 is 5.41 Å². The molecule has 37 heavy (non-hydrogen) atoms. The lowest BCUT2D eigenvalue weighted by Gasteiger charge is -2.23. The molecule has 0 unspecified atom stereocenters. The summed E-state index contributed by atoms with van der Waals surface area (Å²) in [5.74, 6) is 0.193. The molecule has 4 N–H and O–H groups in total. The molecule has 0 aliphatic carbocycles. The fraction of sp³-hybridized carbons (Fsp3) is 0.115. The van der Waals surface area contributed by atoms with Gasteiger partial charge in [-0.15, -0.1) is 0 Å². The predicted molar refractivity (Wildman–Crippen MR) is 141 cm³/mol. The third-order valence-electron chi connectivity index (χ3n) is 6.60. The van der Waals surface area contributed by atoms with E-state index in [2.05, 4.69) is 20.3 Å². The summed E-state index contributed by atoms with van der Waals surface area (Å²) in [5, 5.41) is 13.8. The maximum Gasteiger partial charge on any atom is 0.240 e. The highest BCUT2D eigenvalue weighted by Crippen LogP contribution is 2.46. The standard InChI is InChI=1S/C26H19Cl2N7O2/c1-26(14-4-7-16(28)19(36)11-14)20-21(29)32-22(33-23(20)34-25(26)37)18-12-35-9-8-30-24(35)17(31-18)10-13-2-5-15(27)6-3-13/h2-9,11-12,36H,10H2,1H3,(H3,29,32,33,34,37)/t26-/m1/s1. The first-order valence-corrected chi connectivity index (χ1v) is 12.1. The molecule has 4 heterocycles. The fourth-order valence-electron chi connectivity index (χ4n) is 4.64. The molecule has 184 valence electrons. The van der Waals surface area contributed by atoms with E-state index >= 15 is 0 Å². The van der Waals surface area contributed by atoms with Crippen molar-refractivity contribution in [2.24, 2.45) is 0 Å². The molecule has 0 radical (unpaired) electrons. The maximum atomic E-state index is 13.2. The van der Waals surface area contributed by atoms with Crippen LogP contribution in [0.4, 0.5) is 11.6 Å².